The molecule has 0 spiro atoms. The summed E-state index contributed by atoms with van der Waals surface area (Å²) in [6.07, 6.45) is 4.96. The van der Waals surface area contributed by atoms with E-state index in [1.165, 1.54) is 12.8 Å². The maximum absolute atomic E-state index is 12.5. The van der Waals surface area contributed by atoms with Crippen molar-refractivity contribution in [2.75, 3.05) is 31.1 Å². The minimum Gasteiger partial charge on any atom is -0.485 e. The van der Waals surface area contributed by atoms with E-state index in [1.54, 1.807) is 24.1 Å². The average Bonchev–Trinajstić information content (AvgIpc) is 3.36. The van der Waals surface area contributed by atoms with Crippen LogP contribution in [0.25, 0.3) is 0 Å². The van der Waals surface area contributed by atoms with Gasteiger partial charge in [-0.25, -0.2) is 4.98 Å². The summed E-state index contributed by atoms with van der Waals surface area (Å²) in [5, 5.41) is 3.78. The number of carbonyl (C=O) groups excluding carboxylic acids is 1. The highest BCUT2D eigenvalue weighted by Crippen LogP contribution is 2.30. The van der Waals surface area contributed by atoms with Crippen molar-refractivity contribution in [2.45, 2.75) is 32.3 Å². The van der Waals surface area contributed by atoms with E-state index < -0.39 is 0 Å². The molecule has 0 aromatic carbocycles. The van der Waals surface area contributed by atoms with Crippen molar-refractivity contribution in [3.63, 3.8) is 0 Å². The van der Waals surface area contributed by atoms with E-state index in [-0.39, 0.29) is 17.8 Å². The number of anilines is 1. The molecule has 2 aliphatic heterocycles. The van der Waals surface area contributed by atoms with Gasteiger partial charge < -0.3 is 19.1 Å². The summed E-state index contributed by atoms with van der Waals surface area (Å²) >= 11 is 0. The van der Waals surface area contributed by atoms with E-state index in [4.69, 9.17) is 9.26 Å². The fourth-order valence-electron chi connectivity index (χ4n) is 3.45. The number of aryl methyl sites for hydroxylation is 1. The van der Waals surface area contributed by atoms with E-state index in [9.17, 15) is 4.79 Å². The minimum absolute atomic E-state index is 0.0291. The van der Waals surface area contributed by atoms with Crippen LogP contribution < -0.4 is 9.64 Å². The first-order valence-corrected chi connectivity index (χ1v) is 8.80. The van der Waals surface area contributed by atoms with Crippen LogP contribution in [0.2, 0.25) is 0 Å². The lowest BCUT2D eigenvalue weighted by Crippen LogP contribution is -2.31. The highest BCUT2D eigenvalue weighted by Gasteiger charge is 2.31. The Morgan fingerprint density at radius 3 is 2.92 bits per heavy atom. The summed E-state index contributed by atoms with van der Waals surface area (Å²) < 4.78 is 11.3. The Bertz CT molecular complexity index is 754. The average molecular weight is 342 g/mol. The van der Waals surface area contributed by atoms with Gasteiger partial charge in [-0.05, 0) is 31.9 Å². The van der Waals surface area contributed by atoms with Crippen molar-refractivity contribution < 1.29 is 14.1 Å². The van der Waals surface area contributed by atoms with Crippen molar-refractivity contribution in [2.24, 2.45) is 0 Å². The maximum atomic E-state index is 12.5. The van der Waals surface area contributed by atoms with Crippen LogP contribution in [-0.4, -0.2) is 53.2 Å². The predicted molar refractivity (Wildman–Crippen MR) is 91.9 cm³/mol. The number of amides is 1. The van der Waals surface area contributed by atoms with Crippen LogP contribution in [0.15, 0.2) is 28.9 Å². The molecule has 7 heteroatoms. The van der Waals surface area contributed by atoms with Crippen molar-refractivity contribution in [1.29, 1.82) is 0 Å². The Balaban J connectivity index is 1.42. The summed E-state index contributed by atoms with van der Waals surface area (Å²) in [6, 6.07) is 5.53. The van der Waals surface area contributed by atoms with Gasteiger partial charge in [-0.1, -0.05) is 5.16 Å². The van der Waals surface area contributed by atoms with Crippen LogP contribution in [0.4, 0.5) is 5.82 Å². The Morgan fingerprint density at radius 2 is 2.16 bits per heavy atom. The summed E-state index contributed by atoms with van der Waals surface area (Å²) in [5.41, 5.74) is 0.709. The van der Waals surface area contributed by atoms with Gasteiger partial charge in [0.2, 0.25) is 5.76 Å². The largest absolute Gasteiger partial charge is 0.485 e. The number of likely N-dealkylation sites (tertiary alicyclic amines) is 1. The monoisotopic (exact) mass is 342 g/mol. The molecule has 1 atom stereocenters. The molecule has 2 aromatic rings. The zero-order chi connectivity index (χ0) is 17.2. The standard InChI is InChI=1S/C18H22N4O3/c1-13-11-16(25-20-13)18(23)22-10-6-14(12-22)24-15-5-4-7-19-17(15)21-8-2-3-9-21/h4-5,7,11,14H,2-3,6,8-10,12H2,1H3. The molecule has 4 rings (SSSR count). The molecule has 0 N–H and O–H groups in total. The molecular weight excluding hydrogens is 320 g/mol. The van der Waals surface area contributed by atoms with Gasteiger partial charge in [-0.3, -0.25) is 4.79 Å². The number of hydrogen-bond donors (Lipinski definition) is 0. The minimum atomic E-state index is -0.127. The van der Waals surface area contributed by atoms with E-state index in [0.29, 0.717) is 18.8 Å². The van der Waals surface area contributed by atoms with Gasteiger partial charge in [0.05, 0.1) is 12.2 Å². The first kappa shape index (κ1) is 15.9. The summed E-state index contributed by atoms with van der Waals surface area (Å²) in [5.74, 6) is 1.88. The second kappa shape index (κ2) is 6.74. The van der Waals surface area contributed by atoms with Crippen LogP contribution in [0.1, 0.15) is 35.5 Å². The fraction of sp³-hybridized carbons (Fsp3) is 0.500. The maximum Gasteiger partial charge on any atom is 0.292 e. The topological polar surface area (TPSA) is 71.7 Å². The zero-order valence-corrected chi connectivity index (χ0v) is 14.4. The molecule has 132 valence electrons. The lowest BCUT2D eigenvalue weighted by Gasteiger charge is -2.22. The van der Waals surface area contributed by atoms with Crippen molar-refractivity contribution >= 4 is 11.7 Å². The third-order valence-electron chi connectivity index (χ3n) is 4.72. The number of pyridine rings is 1. The van der Waals surface area contributed by atoms with Crippen LogP contribution in [0, 0.1) is 6.92 Å². The third kappa shape index (κ3) is 3.31. The van der Waals surface area contributed by atoms with Gasteiger partial charge in [0.15, 0.2) is 11.6 Å². The molecule has 25 heavy (non-hydrogen) atoms. The van der Waals surface area contributed by atoms with Crippen LogP contribution in [0.5, 0.6) is 5.75 Å². The van der Waals surface area contributed by atoms with Gasteiger partial charge in [0.1, 0.15) is 6.10 Å². The molecule has 0 bridgehead atoms. The first-order valence-electron chi connectivity index (χ1n) is 8.80. The molecule has 1 unspecified atom stereocenters. The van der Waals surface area contributed by atoms with Gasteiger partial charge in [0, 0.05) is 38.3 Å². The van der Waals surface area contributed by atoms with Crippen LogP contribution >= 0.6 is 0 Å². The first-order chi connectivity index (χ1) is 12.2. The number of rotatable bonds is 4. The molecule has 4 heterocycles. The number of carbonyl (C=O) groups is 1. The lowest BCUT2D eigenvalue weighted by atomic mass is 10.3. The second-order valence-electron chi connectivity index (χ2n) is 6.63. The smallest absolute Gasteiger partial charge is 0.292 e. The Morgan fingerprint density at radius 1 is 1.32 bits per heavy atom. The normalized spacial score (nSPS) is 20.3. The van der Waals surface area contributed by atoms with Crippen molar-refractivity contribution in [3.8, 4) is 5.75 Å². The second-order valence-corrected chi connectivity index (χ2v) is 6.63. The Hall–Kier alpha value is -2.57. The predicted octanol–water partition coefficient (Wildman–Crippen LogP) is 2.27. The van der Waals surface area contributed by atoms with E-state index in [1.807, 2.05) is 12.1 Å². The Labute approximate surface area is 146 Å². The zero-order valence-electron chi connectivity index (χ0n) is 14.4. The molecule has 1 amide bonds. The summed E-state index contributed by atoms with van der Waals surface area (Å²) in [4.78, 5) is 21.0. The summed E-state index contributed by atoms with van der Waals surface area (Å²) in [6.45, 7) is 5.05. The third-order valence-corrected chi connectivity index (χ3v) is 4.72. The van der Waals surface area contributed by atoms with Gasteiger partial charge in [0.25, 0.3) is 5.91 Å². The van der Waals surface area contributed by atoms with Gasteiger partial charge >= 0.3 is 0 Å². The van der Waals surface area contributed by atoms with Crippen LogP contribution in [0.3, 0.4) is 0 Å². The molecule has 2 aliphatic rings. The fourth-order valence-corrected chi connectivity index (χ4v) is 3.45. The van der Waals surface area contributed by atoms with Crippen molar-refractivity contribution in [3.05, 3.63) is 35.9 Å². The molecule has 2 fully saturated rings. The van der Waals surface area contributed by atoms with Crippen LogP contribution in [-0.2, 0) is 0 Å². The SMILES string of the molecule is Cc1cc(C(=O)N2CCC(Oc3cccnc3N3CCCC3)C2)on1. The van der Waals surface area contributed by atoms with E-state index >= 15 is 0 Å². The highest BCUT2D eigenvalue weighted by atomic mass is 16.5. The molecule has 0 radical (unpaired) electrons. The van der Waals surface area contributed by atoms with Gasteiger partial charge in [-0.15, -0.1) is 0 Å². The van der Waals surface area contributed by atoms with E-state index in [2.05, 4.69) is 15.0 Å². The van der Waals surface area contributed by atoms with Crippen molar-refractivity contribution in [1.82, 2.24) is 15.0 Å². The number of aromatic nitrogens is 2. The lowest BCUT2D eigenvalue weighted by molar-refractivity contribution is 0.0731. The molecule has 2 saturated heterocycles. The quantitative estimate of drug-likeness (QED) is 0.849. The highest BCUT2D eigenvalue weighted by molar-refractivity contribution is 5.91. The summed E-state index contributed by atoms with van der Waals surface area (Å²) in [7, 11) is 0. The molecule has 7 nitrogen and oxygen atoms in total. The number of ether oxygens (including phenoxy) is 1. The van der Waals surface area contributed by atoms with Gasteiger partial charge in [-0.2, -0.15) is 0 Å². The van der Waals surface area contributed by atoms with E-state index in [0.717, 1.165) is 31.1 Å². The number of nitrogens with zero attached hydrogens (tertiary/aromatic N) is 4. The molecule has 2 aromatic heterocycles. The number of hydrogen-bond acceptors (Lipinski definition) is 6. The molecule has 0 saturated carbocycles. The Kier molecular flexibility index (Phi) is 4.29. The molecule has 0 aliphatic carbocycles. The molecular formula is C18H22N4O3.